The number of rotatable bonds is 5. The molecule has 0 aliphatic carbocycles. The summed E-state index contributed by atoms with van der Waals surface area (Å²) in [6.45, 7) is 7.10. The lowest BCUT2D eigenvalue weighted by atomic mass is 10.3. The summed E-state index contributed by atoms with van der Waals surface area (Å²) in [6.07, 6.45) is 2.57. The second-order valence-corrected chi connectivity index (χ2v) is 5.19. The van der Waals surface area contributed by atoms with Crippen LogP contribution in [-0.2, 0) is 0 Å². The molecule has 1 saturated heterocycles. The minimum absolute atomic E-state index is 0.824. The van der Waals surface area contributed by atoms with Crippen LogP contribution in [0.15, 0.2) is 35.3 Å². The molecule has 1 aromatic carbocycles. The molecule has 1 aliphatic heterocycles. The van der Waals surface area contributed by atoms with E-state index in [4.69, 9.17) is 4.99 Å². The number of nitrogens with zero attached hydrogens (tertiary/aromatic N) is 3. The number of aliphatic imine (C=N–C) groups is 1. The van der Waals surface area contributed by atoms with Crippen molar-refractivity contribution < 1.29 is 0 Å². The number of hydrogen-bond donors (Lipinski definition) is 1. The highest BCUT2D eigenvalue weighted by atomic mass is 15.3. The van der Waals surface area contributed by atoms with E-state index >= 15 is 0 Å². The molecule has 0 spiro atoms. The molecule has 0 amide bonds. The van der Waals surface area contributed by atoms with Crippen molar-refractivity contribution in [2.75, 3.05) is 44.7 Å². The maximum absolute atomic E-state index is 4.75. The van der Waals surface area contributed by atoms with Gasteiger partial charge in [0.15, 0.2) is 5.96 Å². The highest BCUT2D eigenvalue weighted by molar-refractivity contribution is 5.80. The van der Waals surface area contributed by atoms with Gasteiger partial charge in [0.2, 0.25) is 0 Å². The number of benzene rings is 1. The van der Waals surface area contributed by atoms with Crippen molar-refractivity contribution >= 4 is 11.6 Å². The highest BCUT2D eigenvalue weighted by Gasteiger charge is 2.15. The number of likely N-dealkylation sites (N-methyl/N-ethyl adjacent to an activating group) is 1. The topological polar surface area (TPSA) is 30.9 Å². The molecule has 1 fully saturated rings. The van der Waals surface area contributed by atoms with Crippen LogP contribution in [0.5, 0.6) is 0 Å². The fraction of sp³-hybridized carbons (Fsp3) is 0.562. The standard InChI is InChI=1S/C16H26N4/c1-3-17-16(20-12-7-8-13-20)18-11-14-19(2)15-9-5-4-6-10-15/h4-6,9-10H,3,7-8,11-14H2,1-2H3,(H,17,18). The van der Waals surface area contributed by atoms with Crippen LogP contribution >= 0.6 is 0 Å². The molecule has 1 aromatic rings. The van der Waals surface area contributed by atoms with Crippen molar-refractivity contribution in [2.24, 2.45) is 4.99 Å². The maximum Gasteiger partial charge on any atom is 0.193 e. The Hall–Kier alpha value is -1.71. The van der Waals surface area contributed by atoms with E-state index in [0.717, 1.165) is 38.7 Å². The van der Waals surface area contributed by atoms with Crippen LogP contribution in [0.2, 0.25) is 0 Å². The van der Waals surface area contributed by atoms with Crippen LogP contribution in [0.3, 0.4) is 0 Å². The molecule has 1 N–H and O–H groups in total. The Balaban J connectivity index is 1.86. The van der Waals surface area contributed by atoms with Crippen LogP contribution in [0.25, 0.3) is 0 Å². The zero-order valence-corrected chi connectivity index (χ0v) is 12.7. The lowest BCUT2D eigenvalue weighted by molar-refractivity contribution is 0.494. The van der Waals surface area contributed by atoms with Crippen molar-refractivity contribution in [3.8, 4) is 0 Å². The SMILES string of the molecule is CCNC(=NCCN(C)c1ccccc1)N1CCCC1. The highest BCUT2D eigenvalue weighted by Crippen LogP contribution is 2.10. The van der Waals surface area contributed by atoms with E-state index in [-0.39, 0.29) is 0 Å². The third-order valence-corrected chi connectivity index (χ3v) is 3.63. The molecule has 0 bridgehead atoms. The molecule has 1 heterocycles. The van der Waals surface area contributed by atoms with Gasteiger partial charge in [-0.3, -0.25) is 4.99 Å². The smallest absolute Gasteiger partial charge is 0.193 e. The summed E-state index contributed by atoms with van der Waals surface area (Å²) in [6, 6.07) is 10.5. The van der Waals surface area contributed by atoms with Crippen LogP contribution in [0.4, 0.5) is 5.69 Å². The van der Waals surface area contributed by atoms with Crippen molar-refractivity contribution in [2.45, 2.75) is 19.8 Å². The minimum Gasteiger partial charge on any atom is -0.373 e. The van der Waals surface area contributed by atoms with Gasteiger partial charge < -0.3 is 15.1 Å². The molecule has 0 saturated carbocycles. The fourth-order valence-corrected chi connectivity index (χ4v) is 2.47. The van der Waals surface area contributed by atoms with Crippen molar-refractivity contribution in [1.29, 1.82) is 0 Å². The quantitative estimate of drug-likeness (QED) is 0.659. The molecule has 110 valence electrons. The summed E-state index contributed by atoms with van der Waals surface area (Å²) in [4.78, 5) is 9.36. The number of para-hydroxylation sites is 1. The van der Waals surface area contributed by atoms with Crippen LogP contribution in [0, 0.1) is 0 Å². The van der Waals surface area contributed by atoms with E-state index in [0.29, 0.717) is 0 Å². The zero-order valence-electron chi connectivity index (χ0n) is 12.7. The number of likely N-dealkylation sites (tertiary alicyclic amines) is 1. The molecule has 0 radical (unpaired) electrons. The van der Waals surface area contributed by atoms with Gasteiger partial charge in [0, 0.05) is 38.9 Å². The lowest BCUT2D eigenvalue weighted by Crippen LogP contribution is -2.40. The molecule has 4 heteroatoms. The third kappa shape index (κ3) is 4.15. The first-order valence-corrected chi connectivity index (χ1v) is 7.60. The van der Waals surface area contributed by atoms with E-state index in [1.165, 1.54) is 18.5 Å². The molecule has 1 aliphatic rings. The Bertz CT molecular complexity index is 410. The Kier molecular flexibility index (Phi) is 5.71. The van der Waals surface area contributed by atoms with E-state index in [9.17, 15) is 0 Å². The summed E-state index contributed by atoms with van der Waals surface area (Å²) in [5.41, 5.74) is 1.24. The van der Waals surface area contributed by atoms with Crippen LogP contribution in [-0.4, -0.2) is 50.6 Å². The van der Waals surface area contributed by atoms with Crippen molar-refractivity contribution in [1.82, 2.24) is 10.2 Å². The molecular weight excluding hydrogens is 248 g/mol. The molecule has 0 aromatic heterocycles. The zero-order chi connectivity index (χ0) is 14.2. The largest absolute Gasteiger partial charge is 0.373 e. The van der Waals surface area contributed by atoms with Gasteiger partial charge in [-0.1, -0.05) is 18.2 Å². The fourth-order valence-electron chi connectivity index (χ4n) is 2.47. The normalized spacial score (nSPS) is 15.5. The second-order valence-electron chi connectivity index (χ2n) is 5.19. The van der Waals surface area contributed by atoms with Gasteiger partial charge in [0.25, 0.3) is 0 Å². The van der Waals surface area contributed by atoms with E-state index < -0.39 is 0 Å². The molecular formula is C16H26N4. The summed E-state index contributed by atoms with van der Waals surface area (Å²) in [5, 5.41) is 3.40. The lowest BCUT2D eigenvalue weighted by Gasteiger charge is -2.22. The third-order valence-electron chi connectivity index (χ3n) is 3.63. The molecule has 4 nitrogen and oxygen atoms in total. The van der Waals surface area contributed by atoms with E-state index in [1.807, 2.05) is 6.07 Å². The maximum atomic E-state index is 4.75. The van der Waals surface area contributed by atoms with Gasteiger partial charge in [0.05, 0.1) is 6.54 Å². The van der Waals surface area contributed by atoms with Gasteiger partial charge in [-0.2, -0.15) is 0 Å². The number of hydrogen-bond acceptors (Lipinski definition) is 2. The second kappa shape index (κ2) is 7.78. The summed E-state index contributed by atoms with van der Waals surface area (Å²) < 4.78 is 0. The van der Waals surface area contributed by atoms with E-state index in [1.54, 1.807) is 0 Å². The Morgan fingerprint density at radius 2 is 1.95 bits per heavy atom. The predicted molar refractivity (Wildman–Crippen MR) is 86.5 cm³/mol. The Morgan fingerprint density at radius 3 is 2.60 bits per heavy atom. The van der Waals surface area contributed by atoms with Crippen LogP contribution < -0.4 is 10.2 Å². The van der Waals surface area contributed by atoms with Gasteiger partial charge >= 0.3 is 0 Å². The Labute approximate surface area is 122 Å². The van der Waals surface area contributed by atoms with Crippen molar-refractivity contribution in [3.63, 3.8) is 0 Å². The van der Waals surface area contributed by atoms with Gasteiger partial charge in [-0.25, -0.2) is 0 Å². The number of nitrogens with one attached hydrogen (secondary N) is 1. The van der Waals surface area contributed by atoms with Gasteiger partial charge in [0.1, 0.15) is 0 Å². The minimum atomic E-state index is 0.824. The molecule has 0 atom stereocenters. The molecule has 0 unspecified atom stereocenters. The Morgan fingerprint density at radius 1 is 1.25 bits per heavy atom. The summed E-state index contributed by atoms with van der Waals surface area (Å²) >= 11 is 0. The monoisotopic (exact) mass is 274 g/mol. The van der Waals surface area contributed by atoms with Gasteiger partial charge in [-0.05, 0) is 31.9 Å². The first-order valence-electron chi connectivity index (χ1n) is 7.60. The summed E-state index contributed by atoms with van der Waals surface area (Å²) in [7, 11) is 2.12. The van der Waals surface area contributed by atoms with Crippen molar-refractivity contribution in [3.05, 3.63) is 30.3 Å². The van der Waals surface area contributed by atoms with Crippen LogP contribution in [0.1, 0.15) is 19.8 Å². The predicted octanol–water partition coefficient (Wildman–Crippen LogP) is 2.18. The molecule has 20 heavy (non-hydrogen) atoms. The number of anilines is 1. The van der Waals surface area contributed by atoms with E-state index in [2.05, 4.69) is 53.4 Å². The molecule has 2 rings (SSSR count). The first kappa shape index (κ1) is 14.7. The first-order chi connectivity index (χ1) is 9.81. The van der Waals surface area contributed by atoms with Gasteiger partial charge in [-0.15, -0.1) is 0 Å². The average Bonchev–Trinajstić information content (AvgIpc) is 3.01. The average molecular weight is 274 g/mol. The summed E-state index contributed by atoms with van der Waals surface area (Å²) in [5.74, 6) is 1.08. The number of guanidine groups is 1.